The zero-order valence-electron chi connectivity index (χ0n) is 50.6. The molecule has 4 amide bonds. The summed E-state index contributed by atoms with van der Waals surface area (Å²) in [6.45, 7) is 14.7. The van der Waals surface area contributed by atoms with Crippen molar-refractivity contribution in [1.29, 1.82) is 0 Å². The van der Waals surface area contributed by atoms with Crippen LogP contribution in [0.2, 0.25) is 0 Å². The van der Waals surface area contributed by atoms with E-state index in [1.807, 2.05) is 18.7 Å². The summed E-state index contributed by atoms with van der Waals surface area (Å²) in [5.74, 6) is -5.35. The maximum Gasteiger partial charge on any atom is 0.405 e. The minimum absolute atomic E-state index is 0.0447. The van der Waals surface area contributed by atoms with Crippen LogP contribution in [0.5, 0.6) is 0 Å². The fourth-order valence-electron chi connectivity index (χ4n) is 10.4. The maximum absolute atomic E-state index is 14.4. The maximum atomic E-state index is 14.4. The van der Waals surface area contributed by atoms with E-state index in [0.29, 0.717) is 24.2 Å². The number of carbonyl (C=O) groups excluding carboxylic acids is 8. The third kappa shape index (κ3) is 19.5. The first-order chi connectivity index (χ1) is 39.6. The number of methoxy groups -OCH3 is 4. The molecule has 0 saturated heterocycles. The Hall–Kier alpha value is -7.12. The molecular weight excluding hydrogens is 1090 g/mol. The molecule has 462 valence electrons. The van der Waals surface area contributed by atoms with Crippen molar-refractivity contribution >= 4 is 47.1 Å². The number of ketones is 4. The van der Waals surface area contributed by atoms with Crippen molar-refractivity contribution in [2.45, 2.75) is 130 Å². The van der Waals surface area contributed by atoms with E-state index in [0.717, 1.165) is 12.2 Å². The number of hydrogen-bond donors (Lipinski definition) is 8. The van der Waals surface area contributed by atoms with E-state index in [4.69, 9.17) is 39.9 Å². The van der Waals surface area contributed by atoms with Crippen molar-refractivity contribution in [1.82, 2.24) is 26.2 Å². The standard InChI is InChI=1S/C61H87N7O16/c1-32-24-40-50(44(69)30-42(54(40)73)66-58(75)34(3)16-14-18-46(79-10)56(83-60(62)77)38(7)28-36(5)52(71)48(26-32)81-12)64-20-22-68(9)23-21-65-51-41-25-33(2)27-49(82-13)53(72)37(6)29-39(8)57(84-61(63)78)47(80-11)19-15-17-35(4)59(76)67-43(55(41)74)31-45(51)70/h14-19,28-33,36-37,46-49,52-53,56-57,64-65,71-72H,20-27H2,1-13H3,(H2,62,77)(H2,63,78)(H,66,75)(H,67,76)/b18-14-,19-15+,34-16+,35-17-,38-28+,39-29+/t32-,33-,36+,37+,46+,47+,48+,49+,52-,53-,56+,57+/m1/s1. The molecule has 84 heavy (non-hydrogen) atoms. The molecule has 0 aromatic heterocycles. The van der Waals surface area contributed by atoms with Crippen molar-refractivity contribution in [3.8, 4) is 0 Å². The third-order valence-corrected chi connectivity index (χ3v) is 15.2. The molecule has 10 N–H and O–H groups in total. The Kier molecular flexibility index (Phi) is 27.1. The van der Waals surface area contributed by atoms with E-state index < -0.39 is 108 Å². The number of carbonyl (C=O) groups is 8. The third-order valence-electron chi connectivity index (χ3n) is 15.2. The van der Waals surface area contributed by atoms with Crippen molar-refractivity contribution in [3.63, 3.8) is 0 Å². The second kappa shape index (κ2) is 32.8. The van der Waals surface area contributed by atoms with Crippen LogP contribution in [0.1, 0.15) is 81.1 Å². The first-order valence-electron chi connectivity index (χ1n) is 28.0. The summed E-state index contributed by atoms with van der Waals surface area (Å²) in [6, 6.07) is 0. The van der Waals surface area contributed by atoms with E-state index in [-0.39, 0.29) is 95.7 Å². The molecule has 23 nitrogen and oxygen atoms in total. The monoisotopic (exact) mass is 1170 g/mol. The average molecular weight is 1170 g/mol. The van der Waals surface area contributed by atoms with Gasteiger partial charge in [0.1, 0.15) is 12.2 Å². The number of primary amides is 2. The van der Waals surface area contributed by atoms with Crippen molar-refractivity contribution < 1.29 is 77.0 Å². The van der Waals surface area contributed by atoms with E-state index in [9.17, 15) is 48.6 Å². The highest BCUT2D eigenvalue weighted by atomic mass is 16.6. The number of nitrogens with one attached hydrogen (secondary N) is 4. The quantitative estimate of drug-likeness (QED) is 0.0909. The number of likely N-dealkylation sites (N-methyl/N-ethyl adjacent to an activating group) is 1. The van der Waals surface area contributed by atoms with Gasteiger partial charge in [0.25, 0.3) is 11.8 Å². The second-order valence-electron chi connectivity index (χ2n) is 22.0. The summed E-state index contributed by atoms with van der Waals surface area (Å²) in [4.78, 5) is 110. The molecule has 0 unspecified atom stereocenters. The number of allylic oxidation sites excluding steroid dienone is 8. The van der Waals surface area contributed by atoms with Gasteiger partial charge in [0.05, 0.1) is 47.2 Å². The normalized spacial score (nSPS) is 32.0. The molecule has 0 fully saturated rings. The van der Waals surface area contributed by atoms with Crippen molar-refractivity contribution in [2.24, 2.45) is 35.1 Å². The van der Waals surface area contributed by atoms with Gasteiger partial charge in [-0.05, 0) is 83.4 Å². The Morgan fingerprint density at radius 1 is 0.607 bits per heavy atom. The Balaban J connectivity index is 1.59. The fraction of sp³-hybridized carbons (Fsp3) is 0.541. The molecule has 0 radical (unpaired) electrons. The van der Waals surface area contributed by atoms with Gasteiger partial charge in [-0.3, -0.25) is 28.8 Å². The van der Waals surface area contributed by atoms with Gasteiger partial charge in [-0.15, -0.1) is 0 Å². The molecule has 4 rings (SSSR count). The number of rotatable bonds is 14. The van der Waals surface area contributed by atoms with Gasteiger partial charge in [-0.2, -0.15) is 0 Å². The molecule has 23 heteroatoms. The lowest BCUT2D eigenvalue weighted by Gasteiger charge is -2.30. The molecule has 0 saturated carbocycles. The Morgan fingerprint density at radius 2 is 0.964 bits per heavy atom. The average Bonchev–Trinajstić information content (AvgIpc) is 2.31. The molecule has 0 aromatic rings. The molecule has 2 heterocycles. The zero-order valence-corrected chi connectivity index (χ0v) is 50.6. The largest absolute Gasteiger partial charge is 0.439 e. The summed E-state index contributed by atoms with van der Waals surface area (Å²) in [7, 11) is 7.54. The zero-order chi connectivity index (χ0) is 62.7. The Labute approximate surface area is 492 Å². The Morgan fingerprint density at radius 3 is 1.29 bits per heavy atom. The number of nitrogens with two attached hydrogens (primary N) is 2. The highest BCUT2D eigenvalue weighted by molar-refractivity contribution is 6.24. The number of fused-ring (bicyclic) bond motifs is 4. The molecule has 4 bridgehead atoms. The lowest BCUT2D eigenvalue weighted by Crippen LogP contribution is -2.40. The van der Waals surface area contributed by atoms with Gasteiger partial charge >= 0.3 is 12.2 Å². The molecule has 4 aliphatic rings. The topological polar surface area (TPSA) is 336 Å². The molecular formula is C61H87N7O16. The van der Waals surface area contributed by atoms with E-state index >= 15 is 0 Å². The predicted octanol–water partition coefficient (Wildman–Crippen LogP) is 3.65. The summed E-state index contributed by atoms with van der Waals surface area (Å²) >= 11 is 0. The summed E-state index contributed by atoms with van der Waals surface area (Å²) in [5.41, 5.74) is 12.2. The lowest BCUT2D eigenvalue weighted by molar-refractivity contribution is -0.120. The summed E-state index contributed by atoms with van der Waals surface area (Å²) in [6.07, 6.45) is 5.89. The van der Waals surface area contributed by atoms with Crippen LogP contribution in [0.3, 0.4) is 0 Å². The second-order valence-corrected chi connectivity index (χ2v) is 22.0. The first-order valence-corrected chi connectivity index (χ1v) is 28.0. The van der Waals surface area contributed by atoms with Crippen LogP contribution in [0.25, 0.3) is 0 Å². The number of ether oxygens (including phenoxy) is 6. The highest BCUT2D eigenvalue weighted by Crippen LogP contribution is 2.31. The molecule has 2 aliphatic heterocycles. The van der Waals surface area contributed by atoms with E-state index in [1.54, 1.807) is 59.0 Å². The van der Waals surface area contributed by atoms with E-state index in [1.165, 1.54) is 66.6 Å². The van der Waals surface area contributed by atoms with Crippen LogP contribution in [-0.4, -0.2) is 173 Å². The molecule has 0 aromatic carbocycles. The minimum atomic E-state index is -1.07. The molecule has 2 aliphatic carbocycles. The van der Waals surface area contributed by atoms with Gasteiger partial charge in [-0.1, -0.05) is 76.3 Å². The van der Waals surface area contributed by atoms with Gasteiger partial charge in [0.15, 0.2) is 12.2 Å². The molecule has 12 atom stereocenters. The van der Waals surface area contributed by atoms with Crippen LogP contribution < -0.4 is 32.7 Å². The first kappa shape index (κ1) is 69.4. The number of aliphatic hydroxyl groups excluding tert-OH is 2. The minimum Gasteiger partial charge on any atom is -0.439 e. The summed E-state index contributed by atoms with van der Waals surface area (Å²) < 4.78 is 33.7. The number of amides is 4. The van der Waals surface area contributed by atoms with E-state index in [2.05, 4.69) is 21.3 Å². The number of Topliss-reactive ketones (excluding diaryl/α,β-unsaturated/α-hetero) is 2. The predicted molar refractivity (Wildman–Crippen MR) is 313 cm³/mol. The van der Waals surface area contributed by atoms with Crippen LogP contribution >= 0.6 is 0 Å². The van der Waals surface area contributed by atoms with Gasteiger partial charge in [0.2, 0.25) is 23.1 Å². The van der Waals surface area contributed by atoms with Crippen LogP contribution in [0.4, 0.5) is 9.59 Å². The SMILES string of the molecule is CO[C@H]1/C=C\C=C(/C)C(=O)NC2=CC(=O)C(NCCN(C)CCNC3=C4C[C@@H](C)C[C@H](OC)[C@H](O)[C@@H](C)/C=C(\C)[C@H](OC(N)=O)[C@@H](OC)/C=C/C=C(/C)C(=O)NC(=CC3=O)C4=O)=C(C[C@@H](C)C[C@H](OC)[C@H](O)[C@@H](C)/C=C(\C)[C@@H]1OC(N)=O)C2=O. The number of nitrogens with zero attached hydrogens (tertiary/aromatic N) is 1. The van der Waals surface area contributed by atoms with Gasteiger partial charge < -0.3 is 76.3 Å². The van der Waals surface area contributed by atoms with Crippen molar-refractivity contribution in [3.05, 3.63) is 117 Å². The number of hydrogen-bond acceptors (Lipinski definition) is 19. The smallest absolute Gasteiger partial charge is 0.405 e. The van der Waals surface area contributed by atoms with Crippen molar-refractivity contribution in [2.75, 3.05) is 61.7 Å². The fourth-order valence-corrected chi connectivity index (χ4v) is 10.4. The lowest BCUT2D eigenvalue weighted by atomic mass is 9.85. The number of aliphatic hydroxyl groups is 2. The van der Waals surface area contributed by atoms with Crippen LogP contribution in [-0.2, 0) is 57.2 Å². The van der Waals surface area contributed by atoms with Crippen LogP contribution in [0, 0.1) is 23.7 Å². The summed E-state index contributed by atoms with van der Waals surface area (Å²) in [5, 5.41) is 34.7. The van der Waals surface area contributed by atoms with Gasteiger partial charge in [-0.25, -0.2) is 9.59 Å². The Bertz CT molecular complexity index is 2600. The van der Waals surface area contributed by atoms with Gasteiger partial charge in [0, 0.05) is 101 Å². The molecule has 0 spiro atoms. The van der Waals surface area contributed by atoms with Crippen LogP contribution in [0.15, 0.2) is 117 Å². The highest BCUT2D eigenvalue weighted by Gasteiger charge is 2.36.